The topological polar surface area (TPSA) is 180 Å². The van der Waals surface area contributed by atoms with Gasteiger partial charge in [-0.05, 0) is 62.4 Å². The molecule has 1 aliphatic rings. The Morgan fingerprint density at radius 3 is 2.60 bits per heavy atom. The van der Waals surface area contributed by atoms with E-state index in [1.165, 1.54) is 43.3 Å². The van der Waals surface area contributed by atoms with E-state index in [0.29, 0.717) is 27.8 Å². The summed E-state index contributed by atoms with van der Waals surface area (Å²) >= 11 is 0. The predicted molar refractivity (Wildman–Crippen MR) is 150 cm³/mol. The second-order valence-electron chi connectivity index (χ2n) is 10.5. The Bertz CT molecular complexity index is 1730. The maximum absolute atomic E-state index is 13.7. The number of benzene rings is 2. The molecule has 3 heterocycles. The molecule has 0 saturated heterocycles. The van der Waals surface area contributed by atoms with Gasteiger partial charge in [-0.1, -0.05) is 6.07 Å². The summed E-state index contributed by atoms with van der Waals surface area (Å²) in [5.41, 5.74) is 9.96. The minimum absolute atomic E-state index is 0.0349. The van der Waals surface area contributed by atoms with Gasteiger partial charge in [0.05, 0.1) is 12.2 Å². The number of fused-ring (bicyclic) bond motifs is 2. The smallest absolute Gasteiger partial charge is 0.255 e. The van der Waals surface area contributed by atoms with E-state index in [1.54, 1.807) is 31.3 Å². The molecule has 11 nitrogen and oxygen atoms in total. The summed E-state index contributed by atoms with van der Waals surface area (Å²) in [7, 11) is 0. The van der Waals surface area contributed by atoms with Gasteiger partial charge in [0.25, 0.3) is 11.8 Å². The Balaban J connectivity index is 1.47. The zero-order chi connectivity index (χ0) is 30.2. The zero-order valence-corrected chi connectivity index (χ0v) is 22.8. The number of nitrogens with zero attached hydrogens (tertiary/aromatic N) is 2. The van der Waals surface area contributed by atoms with Gasteiger partial charge in [-0.15, -0.1) is 0 Å². The van der Waals surface area contributed by atoms with Gasteiger partial charge in [0.1, 0.15) is 46.1 Å². The standard InChI is InChI=1S/C30H28FN5O6/c1-29(28(33)39)15-42-26-20(29)12-22(36-25(26)16-5-7-19(31)8-6-16)30(2,40)14-35-27(38)18-10-17-4-3-9-34-24(17)21(11-18)41-13-23(32)37/h3-12,40H,13-15H2,1-2H3,(H2,32,37)(H2,33,39)(H,35,38)/t29-,30-/m0/s1. The maximum Gasteiger partial charge on any atom is 0.255 e. The number of carbonyl (C=O) groups excluding carboxylic acids is 3. The van der Waals surface area contributed by atoms with Crippen molar-refractivity contribution < 1.29 is 33.4 Å². The number of halogens is 1. The Labute approximate surface area is 239 Å². The summed E-state index contributed by atoms with van der Waals surface area (Å²) in [6.07, 6.45) is 1.55. The lowest BCUT2D eigenvalue weighted by Crippen LogP contribution is -2.41. The van der Waals surface area contributed by atoms with E-state index in [-0.39, 0.29) is 35.9 Å². The first-order valence-corrected chi connectivity index (χ1v) is 12.9. The molecule has 3 amide bonds. The van der Waals surface area contributed by atoms with Gasteiger partial charge in [0.15, 0.2) is 6.61 Å². The highest BCUT2D eigenvalue weighted by atomic mass is 19.1. The Hall–Kier alpha value is -5.10. The number of aliphatic hydroxyl groups is 1. The number of aromatic nitrogens is 2. The van der Waals surface area contributed by atoms with Crippen LogP contribution in [0.2, 0.25) is 0 Å². The summed E-state index contributed by atoms with van der Waals surface area (Å²) in [5.74, 6) is -1.81. The largest absolute Gasteiger partial charge is 0.489 e. The van der Waals surface area contributed by atoms with Crippen molar-refractivity contribution in [2.45, 2.75) is 24.9 Å². The van der Waals surface area contributed by atoms with Gasteiger partial charge in [0.2, 0.25) is 5.91 Å². The van der Waals surface area contributed by atoms with Crippen molar-refractivity contribution in [2.24, 2.45) is 11.5 Å². The second-order valence-corrected chi connectivity index (χ2v) is 10.5. The molecule has 0 spiro atoms. The third-order valence-electron chi connectivity index (χ3n) is 7.18. The summed E-state index contributed by atoms with van der Waals surface area (Å²) in [6.45, 7) is 2.37. The molecule has 2 aromatic heterocycles. The lowest BCUT2D eigenvalue weighted by Gasteiger charge is -2.26. The van der Waals surface area contributed by atoms with Crippen LogP contribution < -0.4 is 26.3 Å². The number of pyridine rings is 2. The third kappa shape index (κ3) is 5.31. The molecule has 2 aromatic carbocycles. The number of carbonyl (C=O) groups is 3. The molecule has 216 valence electrons. The van der Waals surface area contributed by atoms with Crippen LogP contribution in [0, 0.1) is 5.82 Å². The monoisotopic (exact) mass is 573 g/mol. The van der Waals surface area contributed by atoms with Crippen LogP contribution in [0.4, 0.5) is 4.39 Å². The molecule has 0 bridgehead atoms. The fourth-order valence-corrected chi connectivity index (χ4v) is 4.66. The second kappa shape index (κ2) is 10.7. The predicted octanol–water partition coefficient (Wildman–Crippen LogP) is 2.07. The molecular weight excluding hydrogens is 545 g/mol. The molecule has 1 aliphatic heterocycles. The molecule has 0 aliphatic carbocycles. The first-order chi connectivity index (χ1) is 19.9. The number of hydrogen-bond acceptors (Lipinski definition) is 8. The van der Waals surface area contributed by atoms with Crippen LogP contribution in [0.3, 0.4) is 0 Å². The molecule has 2 atom stereocenters. The molecule has 0 fully saturated rings. The van der Waals surface area contributed by atoms with Crippen molar-refractivity contribution in [3.05, 3.63) is 83.4 Å². The molecule has 5 rings (SSSR count). The summed E-state index contributed by atoms with van der Waals surface area (Å²) in [6, 6.07) is 13.5. The number of ether oxygens (including phenoxy) is 2. The Kier molecular flexibility index (Phi) is 7.25. The number of nitrogens with two attached hydrogens (primary N) is 2. The van der Waals surface area contributed by atoms with Crippen LogP contribution in [-0.2, 0) is 20.6 Å². The minimum atomic E-state index is -1.73. The number of rotatable bonds is 9. The molecule has 42 heavy (non-hydrogen) atoms. The molecule has 0 radical (unpaired) electrons. The summed E-state index contributed by atoms with van der Waals surface area (Å²) in [5, 5.41) is 14.8. The van der Waals surface area contributed by atoms with E-state index in [9.17, 15) is 23.9 Å². The summed E-state index contributed by atoms with van der Waals surface area (Å²) < 4.78 is 25.0. The van der Waals surface area contributed by atoms with Crippen molar-refractivity contribution >= 4 is 28.6 Å². The molecule has 4 aromatic rings. The van der Waals surface area contributed by atoms with Crippen LogP contribution in [-0.4, -0.2) is 52.6 Å². The van der Waals surface area contributed by atoms with Gasteiger partial charge in [0, 0.05) is 28.3 Å². The minimum Gasteiger partial charge on any atom is -0.489 e. The van der Waals surface area contributed by atoms with Crippen molar-refractivity contribution in [2.75, 3.05) is 19.8 Å². The van der Waals surface area contributed by atoms with Gasteiger partial charge in [-0.3, -0.25) is 19.4 Å². The van der Waals surface area contributed by atoms with Crippen molar-refractivity contribution in [3.63, 3.8) is 0 Å². The van der Waals surface area contributed by atoms with Crippen molar-refractivity contribution in [3.8, 4) is 22.8 Å². The third-order valence-corrected chi connectivity index (χ3v) is 7.18. The molecule has 12 heteroatoms. The van der Waals surface area contributed by atoms with E-state index in [2.05, 4.69) is 15.3 Å². The fraction of sp³-hybridized carbons (Fsp3) is 0.233. The Morgan fingerprint density at radius 1 is 1.17 bits per heavy atom. The van der Waals surface area contributed by atoms with E-state index < -0.39 is 41.2 Å². The first-order valence-electron chi connectivity index (χ1n) is 12.9. The first kappa shape index (κ1) is 28.4. The van der Waals surface area contributed by atoms with Crippen molar-refractivity contribution in [1.29, 1.82) is 0 Å². The zero-order valence-electron chi connectivity index (χ0n) is 22.8. The highest BCUT2D eigenvalue weighted by molar-refractivity contribution is 6.00. The SMILES string of the molecule is C[C@](O)(CNC(=O)c1cc(OCC(N)=O)c2ncccc2c1)c1cc2c(c(-c3ccc(F)cc3)n1)OC[C@]2(C)C(N)=O. The van der Waals surface area contributed by atoms with Crippen LogP contribution >= 0.6 is 0 Å². The van der Waals surface area contributed by atoms with E-state index >= 15 is 0 Å². The fourth-order valence-electron chi connectivity index (χ4n) is 4.66. The quantitative estimate of drug-likeness (QED) is 0.235. The molecule has 0 saturated carbocycles. The Morgan fingerprint density at radius 2 is 1.90 bits per heavy atom. The van der Waals surface area contributed by atoms with Gasteiger partial charge < -0.3 is 31.4 Å². The van der Waals surface area contributed by atoms with Gasteiger partial charge in [-0.2, -0.15) is 0 Å². The number of primary amides is 2. The van der Waals surface area contributed by atoms with Crippen LogP contribution in [0.25, 0.3) is 22.2 Å². The van der Waals surface area contributed by atoms with E-state index in [0.717, 1.165) is 0 Å². The highest BCUT2D eigenvalue weighted by Gasteiger charge is 2.45. The number of nitrogens with one attached hydrogen (secondary N) is 1. The van der Waals surface area contributed by atoms with E-state index in [4.69, 9.17) is 20.9 Å². The van der Waals surface area contributed by atoms with Crippen LogP contribution in [0.15, 0.2) is 60.8 Å². The van der Waals surface area contributed by atoms with Crippen LogP contribution in [0.5, 0.6) is 11.5 Å². The highest BCUT2D eigenvalue weighted by Crippen LogP contribution is 2.45. The maximum atomic E-state index is 13.7. The lowest BCUT2D eigenvalue weighted by molar-refractivity contribution is -0.123. The number of amides is 3. The average molecular weight is 574 g/mol. The van der Waals surface area contributed by atoms with Gasteiger partial charge in [-0.25, -0.2) is 9.37 Å². The number of hydrogen-bond donors (Lipinski definition) is 4. The van der Waals surface area contributed by atoms with E-state index in [1.807, 2.05) is 0 Å². The van der Waals surface area contributed by atoms with Crippen LogP contribution in [0.1, 0.15) is 35.5 Å². The normalized spacial score (nSPS) is 17.1. The molecular formula is C30H28FN5O6. The average Bonchev–Trinajstić information content (AvgIpc) is 3.32. The van der Waals surface area contributed by atoms with Crippen molar-refractivity contribution in [1.82, 2.24) is 15.3 Å². The lowest BCUT2D eigenvalue weighted by atomic mass is 9.82. The molecule has 0 unspecified atom stereocenters. The molecule has 6 N–H and O–H groups in total. The summed E-state index contributed by atoms with van der Waals surface area (Å²) in [4.78, 5) is 45.8. The van der Waals surface area contributed by atoms with Gasteiger partial charge >= 0.3 is 0 Å².